The molecule has 0 aliphatic rings. The van der Waals surface area contributed by atoms with Crippen LogP contribution in [0.3, 0.4) is 0 Å². The number of halogens is 1. The standard InChI is InChI=1S/C16H27N3O2.HI/c1-4-6-10-18-16(17-5-2)19-11-9-13-7-8-14(20)15(12-13)21-3;/h7-8,12,20H,4-6,9-11H2,1-3H3,(H2,17,18,19);1H. The number of phenolic OH excluding ortho intramolecular Hbond substituents is 1. The number of nitrogens with one attached hydrogen (secondary N) is 2. The Morgan fingerprint density at radius 1 is 1.27 bits per heavy atom. The summed E-state index contributed by atoms with van der Waals surface area (Å²) in [7, 11) is 1.56. The van der Waals surface area contributed by atoms with E-state index in [0.717, 1.165) is 50.4 Å². The maximum absolute atomic E-state index is 9.57. The average molecular weight is 421 g/mol. The first-order chi connectivity index (χ1) is 10.2. The minimum atomic E-state index is 0. The van der Waals surface area contributed by atoms with E-state index < -0.39 is 0 Å². The second-order valence-electron chi connectivity index (χ2n) is 4.80. The quantitative estimate of drug-likeness (QED) is 0.262. The van der Waals surface area contributed by atoms with E-state index in [-0.39, 0.29) is 29.7 Å². The maximum Gasteiger partial charge on any atom is 0.191 e. The summed E-state index contributed by atoms with van der Waals surface area (Å²) < 4.78 is 5.11. The van der Waals surface area contributed by atoms with Crippen molar-refractivity contribution in [2.45, 2.75) is 33.1 Å². The van der Waals surface area contributed by atoms with Crippen molar-refractivity contribution in [1.29, 1.82) is 0 Å². The van der Waals surface area contributed by atoms with Gasteiger partial charge in [-0.1, -0.05) is 19.4 Å². The average Bonchev–Trinajstić information content (AvgIpc) is 2.49. The van der Waals surface area contributed by atoms with Gasteiger partial charge in [0.05, 0.1) is 7.11 Å². The van der Waals surface area contributed by atoms with Gasteiger partial charge in [-0.2, -0.15) is 0 Å². The van der Waals surface area contributed by atoms with Crippen LogP contribution in [-0.4, -0.2) is 37.8 Å². The first kappa shape index (κ1) is 20.8. The lowest BCUT2D eigenvalue weighted by Gasteiger charge is -2.12. The number of methoxy groups -OCH3 is 1. The molecule has 5 nitrogen and oxygen atoms in total. The molecular weight excluding hydrogens is 393 g/mol. The fraction of sp³-hybridized carbons (Fsp3) is 0.562. The van der Waals surface area contributed by atoms with Crippen LogP contribution in [0.15, 0.2) is 23.2 Å². The van der Waals surface area contributed by atoms with E-state index in [9.17, 15) is 5.11 Å². The predicted octanol–water partition coefficient (Wildman–Crippen LogP) is 2.92. The van der Waals surface area contributed by atoms with Gasteiger partial charge in [-0.3, -0.25) is 4.99 Å². The smallest absolute Gasteiger partial charge is 0.191 e. The maximum atomic E-state index is 9.57. The Hall–Kier alpha value is -1.18. The number of nitrogens with zero attached hydrogens (tertiary/aromatic N) is 1. The highest BCUT2D eigenvalue weighted by Crippen LogP contribution is 2.26. The third-order valence-corrected chi connectivity index (χ3v) is 3.08. The topological polar surface area (TPSA) is 65.9 Å². The Morgan fingerprint density at radius 2 is 2.05 bits per heavy atom. The van der Waals surface area contributed by atoms with Gasteiger partial charge < -0.3 is 20.5 Å². The highest BCUT2D eigenvalue weighted by Gasteiger charge is 2.03. The fourth-order valence-electron chi connectivity index (χ4n) is 1.89. The van der Waals surface area contributed by atoms with Crippen molar-refractivity contribution in [3.63, 3.8) is 0 Å². The number of aromatic hydroxyl groups is 1. The zero-order chi connectivity index (χ0) is 15.5. The van der Waals surface area contributed by atoms with Crippen LogP contribution in [-0.2, 0) is 6.42 Å². The number of hydrogen-bond donors (Lipinski definition) is 3. The molecule has 0 atom stereocenters. The summed E-state index contributed by atoms with van der Waals surface area (Å²) in [5.41, 5.74) is 1.11. The molecule has 0 aliphatic heterocycles. The van der Waals surface area contributed by atoms with Gasteiger partial charge in [-0.25, -0.2) is 0 Å². The summed E-state index contributed by atoms with van der Waals surface area (Å²) >= 11 is 0. The van der Waals surface area contributed by atoms with Crippen molar-refractivity contribution in [3.8, 4) is 11.5 Å². The van der Waals surface area contributed by atoms with E-state index in [0.29, 0.717) is 5.75 Å². The second kappa shape index (κ2) is 12.4. The largest absolute Gasteiger partial charge is 0.504 e. The number of rotatable bonds is 8. The lowest BCUT2D eigenvalue weighted by atomic mass is 10.1. The van der Waals surface area contributed by atoms with Crippen molar-refractivity contribution >= 4 is 29.9 Å². The highest BCUT2D eigenvalue weighted by molar-refractivity contribution is 14.0. The van der Waals surface area contributed by atoms with Crippen LogP contribution in [0.4, 0.5) is 0 Å². The number of phenols is 1. The molecule has 0 radical (unpaired) electrons. The number of unbranched alkanes of at least 4 members (excludes halogenated alkanes) is 1. The molecule has 1 aromatic rings. The predicted molar refractivity (Wildman–Crippen MR) is 103 cm³/mol. The van der Waals surface area contributed by atoms with Crippen molar-refractivity contribution in [1.82, 2.24) is 10.6 Å². The normalized spacial score (nSPS) is 10.8. The third kappa shape index (κ3) is 7.72. The van der Waals surface area contributed by atoms with Crippen molar-refractivity contribution in [2.24, 2.45) is 4.99 Å². The molecule has 0 aromatic heterocycles. The summed E-state index contributed by atoms with van der Waals surface area (Å²) in [6.45, 7) is 6.70. The molecule has 0 saturated heterocycles. The molecule has 0 spiro atoms. The first-order valence-electron chi connectivity index (χ1n) is 7.59. The molecule has 3 N–H and O–H groups in total. The van der Waals surface area contributed by atoms with Crippen LogP contribution < -0.4 is 15.4 Å². The summed E-state index contributed by atoms with van der Waals surface area (Å²) in [6, 6.07) is 5.42. The lowest BCUT2D eigenvalue weighted by molar-refractivity contribution is 0.373. The molecule has 0 saturated carbocycles. The Labute approximate surface area is 150 Å². The molecule has 1 rings (SSSR count). The Balaban J connectivity index is 0.00000441. The third-order valence-electron chi connectivity index (χ3n) is 3.08. The lowest BCUT2D eigenvalue weighted by Crippen LogP contribution is -2.38. The van der Waals surface area contributed by atoms with Gasteiger partial charge in [-0.15, -0.1) is 24.0 Å². The van der Waals surface area contributed by atoms with Crippen LogP contribution >= 0.6 is 24.0 Å². The van der Waals surface area contributed by atoms with Gasteiger partial charge in [0.2, 0.25) is 0 Å². The van der Waals surface area contributed by atoms with Crippen LogP contribution in [0.5, 0.6) is 11.5 Å². The Kier molecular flexibility index (Phi) is 11.7. The zero-order valence-electron chi connectivity index (χ0n) is 13.7. The number of hydrogen-bond acceptors (Lipinski definition) is 3. The number of benzene rings is 1. The van der Waals surface area contributed by atoms with E-state index in [1.165, 1.54) is 0 Å². The van der Waals surface area contributed by atoms with E-state index >= 15 is 0 Å². The van der Waals surface area contributed by atoms with Gasteiger partial charge in [0.1, 0.15) is 0 Å². The van der Waals surface area contributed by atoms with Crippen LogP contribution in [0.2, 0.25) is 0 Å². The van der Waals surface area contributed by atoms with Crippen LogP contribution in [0.1, 0.15) is 32.3 Å². The van der Waals surface area contributed by atoms with E-state index in [1.54, 1.807) is 13.2 Å². The monoisotopic (exact) mass is 421 g/mol. The molecular formula is C16H28IN3O2. The van der Waals surface area contributed by atoms with Gasteiger partial charge in [-0.05, 0) is 37.5 Å². The summed E-state index contributed by atoms with van der Waals surface area (Å²) in [5.74, 6) is 1.54. The van der Waals surface area contributed by atoms with Crippen molar-refractivity contribution in [2.75, 3.05) is 26.7 Å². The molecule has 126 valence electrons. The Morgan fingerprint density at radius 3 is 2.68 bits per heavy atom. The van der Waals surface area contributed by atoms with Crippen molar-refractivity contribution in [3.05, 3.63) is 23.8 Å². The summed E-state index contributed by atoms with van der Waals surface area (Å²) in [4.78, 5) is 4.51. The molecule has 1 aromatic carbocycles. The molecule has 0 unspecified atom stereocenters. The Bertz CT molecular complexity index is 453. The number of guanidine groups is 1. The highest BCUT2D eigenvalue weighted by atomic mass is 127. The van der Waals surface area contributed by atoms with E-state index in [4.69, 9.17) is 4.74 Å². The molecule has 0 amide bonds. The molecule has 0 aliphatic carbocycles. The SMILES string of the molecule is CCCCN=C(NCC)NCCc1ccc(O)c(OC)c1.I. The molecule has 6 heteroatoms. The van der Waals surface area contributed by atoms with E-state index in [2.05, 4.69) is 29.5 Å². The van der Waals surface area contributed by atoms with Crippen molar-refractivity contribution < 1.29 is 9.84 Å². The minimum Gasteiger partial charge on any atom is -0.504 e. The molecule has 0 heterocycles. The van der Waals surface area contributed by atoms with E-state index in [1.807, 2.05) is 12.1 Å². The summed E-state index contributed by atoms with van der Waals surface area (Å²) in [5, 5.41) is 16.1. The van der Waals surface area contributed by atoms with Gasteiger partial charge in [0.15, 0.2) is 17.5 Å². The first-order valence-corrected chi connectivity index (χ1v) is 7.59. The fourth-order valence-corrected chi connectivity index (χ4v) is 1.89. The van der Waals surface area contributed by atoms with Crippen LogP contribution in [0.25, 0.3) is 0 Å². The van der Waals surface area contributed by atoms with Crippen LogP contribution in [0, 0.1) is 0 Å². The molecule has 0 fully saturated rings. The van der Waals surface area contributed by atoms with Gasteiger partial charge in [0.25, 0.3) is 0 Å². The number of ether oxygens (including phenoxy) is 1. The molecule has 0 bridgehead atoms. The summed E-state index contributed by atoms with van der Waals surface area (Å²) in [6.07, 6.45) is 3.09. The minimum absolute atomic E-state index is 0. The van der Waals surface area contributed by atoms with Gasteiger partial charge in [0, 0.05) is 19.6 Å². The second-order valence-corrected chi connectivity index (χ2v) is 4.80. The van der Waals surface area contributed by atoms with Gasteiger partial charge >= 0.3 is 0 Å². The zero-order valence-corrected chi connectivity index (χ0v) is 16.0. The number of aliphatic imine (C=N–C) groups is 1. The molecule has 22 heavy (non-hydrogen) atoms.